The summed E-state index contributed by atoms with van der Waals surface area (Å²) in [6.45, 7) is 13.4. The summed E-state index contributed by atoms with van der Waals surface area (Å²) in [5, 5.41) is 1.18. The van der Waals surface area contributed by atoms with Gasteiger partial charge in [-0.1, -0.05) is 92.2 Å². The molecule has 214 valence electrons. The molecule has 0 bridgehead atoms. The molecule has 41 heavy (non-hydrogen) atoms. The number of furan rings is 1. The number of ether oxygens (including phenoxy) is 2. The lowest BCUT2D eigenvalue weighted by atomic mass is 10.2. The first-order valence-corrected chi connectivity index (χ1v) is 13.8. The molecule has 0 saturated heterocycles. The summed E-state index contributed by atoms with van der Waals surface area (Å²) in [5.74, 6) is 1.38. The predicted molar refractivity (Wildman–Crippen MR) is 167 cm³/mol. The van der Waals surface area contributed by atoms with Crippen LogP contribution in [0.25, 0.3) is 22.1 Å². The molecule has 2 aromatic heterocycles. The Balaban J connectivity index is 0.000000149. The summed E-state index contributed by atoms with van der Waals surface area (Å²) >= 11 is 0. The summed E-state index contributed by atoms with van der Waals surface area (Å²) in [5.41, 5.74) is 7.04. The Kier molecular flexibility index (Phi) is 11.9. The maximum atomic E-state index is 10.7. The van der Waals surface area contributed by atoms with Gasteiger partial charge in [-0.3, -0.25) is 4.98 Å². The van der Waals surface area contributed by atoms with Crippen LogP contribution < -0.4 is 15.2 Å². The van der Waals surface area contributed by atoms with Gasteiger partial charge in [-0.2, -0.15) is 0 Å². The van der Waals surface area contributed by atoms with E-state index in [0.717, 1.165) is 33.7 Å². The minimum absolute atomic E-state index is 0.394. The second-order valence-electron chi connectivity index (χ2n) is 9.13. The molecule has 7 rings (SSSR count). The monoisotopic (exact) mass is 553 g/mol. The molecule has 0 fully saturated rings. The van der Waals surface area contributed by atoms with E-state index in [1.54, 1.807) is 6.26 Å². The molecule has 6 nitrogen and oxygen atoms in total. The molecule has 0 spiro atoms. The summed E-state index contributed by atoms with van der Waals surface area (Å²) in [6.07, 6.45) is 1.72. The van der Waals surface area contributed by atoms with E-state index < -0.39 is 5.76 Å². The van der Waals surface area contributed by atoms with E-state index >= 15 is 0 Å². The van der Waals surface area contributed by atoms with Crippen LogP contribution in [0.5, 0.6) is 11.5 Å². The quantitative estimate of drug-likeness (QED) is 0.203. The number of nitrogens with one attached hydrogen (secondary N) is 1. The van der Waals surface area contributed by atoms with E-state index in [1.807, 2.05) is 113 Å². The number of aromatic amines is 1. The van der Waals surface area contributed by atoms with E-state index in [0.29, 0.717) is 18.8 Å². The molecule has 0 atom stereocenters. The molecule has 0 saturated carbocycles. The third-order valence-corrected chi connectivity index (χ3v) is 6.02. The number of fused-ring (bicyclic) bond motifs is 3. The zero-order chi connectivity index (χ0) is 29.6. The first-order valence-electron chi connectivity index (χ1n) is 13.8. The summed E-state index contributed by atoms with van der Waals surface area (Å²) in [6, 6.07) is 29.9. The molecule has 4 aromatic carbocycles. The fraction of sp³-hybridized carbons (Fsp3) is 0.229. The highest BCUT2D eigenvalue weighted by Crippen LogP contribution is 2.32. The normalized spacial score (nSPS) is 11.0. The van der Waals surface area contributed by atoms with Crippen molar-refractivity contribution in [2.45, 2.75) is 41.5 Å². The number of hydrogen-bond acceptors (Lipinski definition) is 5. The van der Waals surface area contributed by atoms with Gasteiger partial charge in [-0.25, -0.2) is 4.79 Å². The fourth-order valence-corrected chi connectivity index (χ4v) is 4.01. The van der Waals surface area contributed by atoms with Crippen LogP contribution >= 0.6 is 0 Å². The molecule has 1 N–H and O–H groups in total. The van der Waals surface area contributed by atoms with Gasteiger partial charge < -0.3 is 18.3 Å². The smallest absolute Gasteiger partial charge is 0.417 e. The Hall–Kier alpha value is -4.71. The van der Waals surface area contributed by atoms with E-state index in [-0.39, 0.29) is 0 Å². The van der Waals surface area contributed by atoms with Gasteiger partial charge in [0, 0.05) is 5.39 Å². The maximum absolute atomic E-state index is 10.7. The van der Waals surface area contributed by atoms with Crippen molar-refractivity contribution >= 4 is 22.1 Å². The van der Waals surface area contributed by atoms with Gasteiger partial charge in [-0.15, -0.1) is 0 Å². The zero-order valence-electron chi connectivity index (χ0n) is 24.7. The van der Waals surface area contributed by atoms with Crippen molar-refractivity contribution < 1.29 is 18.3 Å². The van der Waals surface area contributed by atoms with Gasteiger partial charge in [0.1, 0.15) is 18.8 Å². The number of aryl methyl sites for hydroxylation is 4. The molecule has 0 amide bonds. The highest BCUT2D eigenvalue weighted by Gasteiger charge is 2.12. The molecule has 1 aliphatic heterocycles. The molecule has 1 aliphatic rings. The van der Waals surface area contributed by atoms with E-state index in [2.05, 4.69) is 24.0 Å². The first-order chi connectivity index (χ1) is 19.9. The summed E-state index contributed by atoms with van der Waals surface area (Å²) in [7, 11) is 0. The van der Waals surface area contributed by atoms with Crippen LogP contribution in [0, 0.1) is 27.7 Å². The number of hydrogen-bond donors (Lipinski definition) is 1. The number of rotatable bonds is 0. The van der Waals surface area contributed by atoms with E-state index in [4.69, 9.17) is 18.3 Å². The molecule has 6 aromatic rings. The average molecular weight is 554 g/mol. The second kappa shape index (κ2) is 15.8. The molecular weight excluding hydrogens is 514 g/mol. The van der Waals surface area contributed by atoms with Gasteiger partial charge in [-0.05, 0) is 62.6 Å². The number of H-pyrrole nitrogens is 1. The highest BCUT2D eigenvalue weighted by molar-refractivity contribution is 5.79. The number of aromatic nitrogens is 1. The van der Waals surface area contributed by atoms with Crippen molar-refractivity contribution in [1.82, 2.24) is 4.98 Å². The van der Waals surface area contributed by atoms with Gasteiger partial charge in [0.15, 0.2) is 17.1 Å². The lowest BCUT2D eigenvalue weighted by molar-refractivity contribution is 0.170. The minimum Gasteiger partial charge on any atom is -0.486 e. The third-order valence-electron chi connectivity index (χ3n) is 6.02. The molecule has 3 heterocycles. The van der Waals surface area contributed by atoms with E-state index in [9.17, 15) is 4.79 Å². The summed E-state index contributed by atoms with van der Waals surface area (Å²) in [4.78, 5) is 13.3. The standard InChI is InChI=1S/C9H10O2.C9H8O.C8H7NO2.C7H8.C2H6/c1-7-3-2-4-8-9(7)11-6-5-10-8;1-7-3-2-4-8-5-6-10-9(7)8;1-5-3-2-4-6-7(5)11-8(10)9-6;1-7-5-3-2-4-6-7;1-2/h2-4H,5-6H2,1H3;2-6H,1H3;2-4H,1H3,(H,9,10);2-6H,1H3;1-2H3. The van der Waals surface area contributed by atoms with Gasteiger partial charge in [0.25, 0.3) is 0 Å². The number of benzene rings is 4. The average Bonchev–Trinajstić information content (AvgIpc) is 3.64. The van der Waals surface area contributed by atoms with Crippen molar-refractivity contribution in [3.63, 3.8) is 0 Å². The Morgan fingerprint density at radius 3 is 1.90 bits per heavy atom. The predicted octanol–water partition coefficient (Wildman–Crippen LogP) is 8.96. The van der Waals surface area contributed by atoms with Crippen LogP contribution in [0.15, 0.2) is 111 Å². The molecular formula is C35H39NO5. The van der Waals surface area contributed by atoms with Crippen LogP contribution in [0.4, 0.5) is 0 Å². The second-order valence-corrected chi connectivity index (χ2v) is 9.13. The van der Waals surface area contributed by atoms with Crippen molar-refractivity contribution in [1.29, 1.82) is 0 Å². The lowest BCUT2D eigenvalue weighted by Gasteiger charge is -2.19. The van der Waals surface area contributed by atoms with Gasteiger partial charge in [0.05, 0.1) is 11.8 Å². The Labute approximate surface area is 241 Å². The largest absolute Gasteiger partial charge is 0.486 e. The van der Waals surface area contributed by atoms with Crippen molar-refractivity contribution in [3.8, 4) is 11.5 Å². The maximum Gasteiger partial charge on any atom is 0.417 e. The van der Waals surface area contributed by atoms with Crippen LogP contribution in [0.2, 0.25) is 0 Å². The molecule has 0 aliphatic carbocycles. The van der Waals surface area contributed by atoms with Crippen LogP contribution in [-0.2, 0) is 0 Å². The Bertz CT molecular complexity index is 1680. The zero-order valence-corrected chi connectivity index (χ0v) is 24.7. The topological polar surface area (TPSA) is 77.6 Å². The molecule has 0 radical (unpaired) electrons. The van der Waals surface area contributed by atoms with Crippen LogP contribution in [0.3, 0.4) is 0 Å². The molecule has 0 unspecified atom stereocenters. The van der Waals surface area contributed by atoms with Gasteiger partial charge >= 0.3 is 5.76 Å². The fourth-order valence-electron chi connectivity index (χ4n) is 4.01. The highest BCUT2D eigenvalue weighted by atomic mass is 16.6. The molecule has 6 heteroatoms. The third kappa shape index (κ3) is 8.90. The van der Waals surface area contributed by atoms with Crippen LogP contribution in [-0.4, -0.2) is 18.2 Å². The Morgan fingerprint density at radius 1 is 0.634 bits per heavy atom. The van der Waals surface area contributed by atoms with Crippen molar-refractivity contribution in [2.75, 3.05) is 13.2 Å². The van der Waals surface area contributed by atoms with Gasteiger partial charge in [0.2, 0.25) is 0 Å². The number of oxazole rings is 1. The van der Waals surface area contributed by atoms with Crippen molar-refractivity contribution in [3.05, 3.63) is 130 Å². The van der Waals surface area contributed by atoms with E-state index in [1.165, 1.54) is 16.5 Å². The Morgan fingerprint density at radius 2 is 1.27 bits per heavy atom. The number of para-hydroxylation sites is 3. The first kappa shape index (κ1) is 30.8. The van der Waals surface area contributed by atoms with Crippen LogP contribution in [0.1, 0.15) is 36.1 Å². The minimum atomic E-state index is -0.394. The SMILES string of the molecule is CC.Cc1cccc2[nH]c(=O)oc12.Cc1cccc2c1OCCO2.Cc1cccc2ccoc12.Cc1ccccc1. The summed E-state index contributed by atoms with van der Waals surface area (Å²) < 4.78 is 20.9. The lowest BCUT2D eigenvalue weighted by Crippen LogP contribution is -2.15. The van der Waals surface area contributed by atoms with Crippen molar-refractivity contribution in [2.24, 2.45) is 0 Å².